The molecule has 1 amide bonds. The van der Waals surface area contributed by atoms with Crippen molar-refractivity contribution >= 4 is 11.9 Å². The molecule has 0 saturated carbocycles. The highest BCUT2D eigenvalue weighted by atomic mass is 16.5. The molecule has 0 saturated heterocycles. The van der Waals surface area contributed by atoms with E-state index in [1.54, 1.807) is 18.3 Å². The maximum atomic E-state index is 11.1. The van der Waals surface area contributed by atoms with Gasteiger partial charge < -0.3 is 15.8 Å². The van der Waals surface area contributed by atoms with Crippen LogP contribution in [0.15, 0.2) is 66.9 Å². The highest BCUT2D eigenvalue weighted by molar-refractivity contribution is 5.93. The number of benzene rings is 2. The zero-order valence-electron chi connectivity index (χ0n) is 14.3. The van der Waals surface area contributed by atoms with Crippen molar-refractivity contribution in [3.63, 3.8) is 0 Å². The van der Waals surface area contributed by atoms with Crippen molar-refractivity contribution in [1.82, 2.24) is 9.97 Å². The van der Waals surface area contributed by atoms with E-state index in [1.165, 1.54) is 0 Å². The zero-order chi connectivity index (χ0) is 18.2. The largest absolute Gasteiger partial charge is 0.494 e. The molecule has 6 nitrogen and oxygen atoms in total. The number of nitrogens with two attached hydrogens (primary N) is 1. The summed E-state index contributed by atoms with van der Waals surface area (Å²) in [4.78, 5) is 19.9. The van der Waals surface area contributed by atoms with Crippen LogP contribution in [0.3, 0.4) is 0 Å². The number of nitrogens with zero attached hydrogens (tertiary/aromatic N) is 2. The van der Waals surface area contributed by atoms with E-state index in [2.05, 4.69) is 15.3 Å². The highest BCUT2D eigenvalue weighted by Crippen LogP contribution is 2.18. The van der Waals surface area contributed by atoms with Crippen LogP contribution < -0.4 is 15.8 Å². The average molecular weight is 348 g/mol. The molecule has 3 N–H and O–H groups in total. The van der Waals surface area contributed by atoms with Crippen molar-refractivity contribution in [2.24, 2.45) is 5.73 Å². The molecule has 1 heterocycles. The second-order valence-electron chi connectivity index (χ2n) is 5.65. The Morgan fingerprint density at radius 2 is 1.81 bits per heavy atom. The molecule has 2 aromatic carbocycles. The van der Waals surface area contributed by atoms with E-state index in [0.29, 0.717) is 24.7 Å². The first-order valence-electron chi connectivity index (χ1n) is 8.37. The molecule has 3 aromatic rings. The van der Waals surface area contributed by atoms with Crippen molar-refractivity contribution in [1.29, 1.82) is 0 Å². The second kappa shape index (κ2) is 8.62. The lowest BCUT2D eigenvalue weighted by molar-refractivity contribution is 0.100. The normalized spacial score (nSPS) is 10.3. The number of nitrogens with one attached hydrogen (secondary N) is 1. The molecule has 0 radical (unpaired) electrons. The van der Waals surface area contributed by atoms with Gasteiger partial charge in [-0.15, -0.1) is 0 Å². The number of primary amides is 1. The lowest BCUT2D eigenvalue weighted by atomic mass is 10.1. The Hall–Kier alpha value is -3.41. The summed E-state index contributed by atoms with van der Waals surface area (Å²) in [7, 11) is 0. The first kappa shape index (κ1) is 17.4. The van der Waals surface area contributed by atoms with Gasteiger partial charge in [-0.2, -0.15) is 0 Å². The quantitative estimate of drug-likeness (QED) is 0.611. The van der Waals surface area contributed by atoms with Crippen molar-refractivity contribution < 1.29 is 9.53 Å². The van der Waals surface area contributed by atoms with Crippen LogP contribution in [0.2, 0.25) is 0 Å². The van der Waals surface area contributed by atoms with Crippen LogP contribution in [0.4, 0.5) is 5.95 Å². The maximum absolute atomic E-state index is 11.1. The number of rotatable bonds is 8. The molecule has 1 aromatic heterocycles. The number of amides is 1. The van der Waals surface area contributed by atoms with Crippen molar-refractivity contribution in [2.45, 2.75) is 6.42 Å². The Labute approximate surface area is 152 Å². The fraction of sp³-hybridized carbons (Fsp3) is 0.150. The fourth-order valence-electron chi connectivity index (χ4n) is 2.39. The standard InChI is InChI=1S/C20H20N4O2/c21-19(25)16-9-7-15(8-10-16)18-11-13-23-20(24-18)22-12-4-14-26-17-5-2-1-3-6-17/h1-3,5-11,13H,4,12,14H2,(H2,21,25)(H,22,23,24). The van der Waals surface area contributed by atoms with Crippen LogP contribution in [0.25, 0.3) is 11.3 Å². The smallest absolute Gasteiger partial charge is 0.248 e. The zero-order valence-corrected chi connectivity index (χ0v) is 14.3. The molecule has 0 fully saturated rings. The minimum absolute atomic E-state index is 0.445. The number of carbonyl (C=O) groups is 1. The predicted octanol–water partition coefficient (Wildman–Crippen LogP) is 3.12. The van der Waals surface area contributed by atoms with E-state index in [1.807, 2.05) is 48.5 Å². The summed E-state index contributed by atoms with van der Waals surface area (Å²) in [5.74, 6) is 0.977. The first-order chi connectivity index (χ1) is 12.7. The summed E-state index contributed by atoms with van der Waals surface area (Å²) in [5.41, 5.74) is 7.40. The van der Waals surface area contributed by atoms with Gasteiger partial charge in [0.1, 0.15) is 5.75 Å². The summed E-state index contributed by atoms with van der Waals surface area (Å²) >= 11 is 0. The van der Waals surface area contributed by atoms with E-state index in [-0.39, 0.29) is 0 Å². The number of carbonyl (C=O) groups excluding carboxylic acids is 1. The van der Waals surface area contributed by atoms with E-state index >= 15 is 0 Å². The molecule has 26 heavy (non-hydrogen) atoms. The third kappa shape index (κ3) is 4.80. The van der Waals surface area contributed by atoms with Crippen LogP contribution in [0, 0.1) is 0 Å². The number of ether oxygens (including phenoxy) is 1. The van der Waals surface area contributed by atoms with E-state index in [9.17, 15) is 4.79 Å². The Kier molecular flexibility index (Phi) is 5.77. The van der Waals surface area contributed by atoms with Crippen molar-refractivity contribution in [2.75, 3.05) is 18.5 Å². The minimum Gasteiger partial charge on any atom is -0.494 e. The minimum atomic E-state index is -0.445. The SMILES string of the molecule is NC(=O)c1ccc(-c2ccnc(NCCCOc3ccccc3)n2)cc1. The van der Waals surface area contributed by atoms with E-state index < -0.39 is 5.91 Å². The Bertz CT molecular complexity index is 851. The van der Waals surface area contributed by atoms with Gasteiger partial charge in [0.15, 0.2) is 0 Å². The topological polar surface area (TPSA) is 90.1 Å². The van der Waals surface area contributed by atoms with Crippen molar-refractivity contribution in [3.8, 4) is 17.0 Å². The molecule has 6 heteroatoms. The lowest BCUT2D eigenvalue weighted by Gasteiger charge is -2.08. The third-order valence-electron chi connectivity index (χ3n) is 3.74. The van der Waals surface area contributed by atoms with E-state index in [4.69, 9.17) is 10.5 Å². The summed E-state index contributed by atoms with van der Waals surface area (Å²) in [5, 5.41) is 3.19. The van der Waals surface area contributed by atoms with Crippen molar-refractivity contribution in [3.05, 3.63) is 72.4 Å². The summed E-state index contributed by atoms with van der Waals surface area (Å²) in [6, 6.07) is 18.6. The Balaban J connectivity index is 1.51. The summed E-state index contributed by atoms with van der Waals surface area (Å²) < 4.78 is 5.65. The molecular formula is C20H20N4O2. The average Bonchev–Trinajstić information content (AvgIpc) is 2.69. The van der Waals surface area contributed by atoms with Crippen LogP contribution >= 0.6 is 0 Å². The van der Waals surface area contributed by atoms with Gasteiger partial charge >= 0.3 is 0 Å². The Morgan fingerprint density at radius 3 is 2.54 bits per heavy atom. The van der Waals surface area contributed by atoms with Crippen LogP contribution in [0.5, 0.6) is 5.75 Å². The molecule has 0 aliphatic carbocycles. The predicted molar refractivity (Wildman–Crippen MR) is 101 cm³/mol. The molecule has 0 atom stereocenters. The van der Waals surface area contributed by atoms with Crippen LogP contribution in [-0.2, 0) is 0 Å². The fourth-order valence-corrected chi connectivity index (χ4v) is 2.39. The molecule has 0 aliphatic heterocycles. The highest BCUT2D eigenvalue weighted by Gasteiger charge is 2.04. The maximum Gasteiger partial charge on any atom is 0.248 e. The van der Waals surface area contributed by atoms with Gasteiger partial charge in [0, 0.05) is 23.9 Å². The molecule has 0 spiro atoms. The number of hydrogen-bond donors (Lipinski definition) is 2. The van der Waals surface area contributed by atoms with Crippen LogP contribution in [0.1, 0.15) is 16.8 Å². The summed E-state index contributed by atoms with van der Waals surface area (Å²) in [6.07, 6.45) is 2.53. The monoisotopic (exact) mass is 348 g/mol. The summed E-state index contributed by atoms with van der Waals surface area (Å²) in [6.45, 7) is 1.32. The molecule has 0 unspecified atom stereocenters. The van der Waals surface area contributed by atoms with Gasteiger partial charge in [-0.25, -0.2) is 9.97 Å². The number of aromatic nitrogens is 2. The van der Waals surface area contributed by atoms with Gasteiger partial charge in [0.05, 0.1) is 12.3 Å². The lowest BCUT2D eigenvalue weighted by Crippen LogP contribution is -2.10. The third-order valence-corrected chi connectivity index (χ3v) is 3.74. The second-order valence-corrected chi connectivity index (χ2v) is 5.65. The van der Waals surface area contributed by atoms with Gasteiger partial charge in [-0.1, -0.05) is 30.3 Å². The van der Waals surface area contributed by atoms with Gasteiger partial charge in [-0.05, 0) is 36.8 Å². The molecule has 132 valence electrons. The number of para-hydroxylation sites is 1. The molecule has 0 bridgehead atoms. The molecule has 3 rings (SSSR count). The first-order valence-corrected chi connectivity index (χ1v) is 8.37. The van der Waals surface area contributed by atoms with E-state index in [0.717, 1.165) is 23.4 Å². The van der Waals surface area contributed by atoms with Gasteiger partial charge in [0.2, 0.25) is 11.9 Å². The number of hydrogen-bond acceptors (Lipinski definition) is 5. The van der Waals surface area contributed by atoms with Crippen LogP contribution in [-0.4, -0.2) is 29.0 Å². The van der Waals surface area contributed by atoms with Gasteiger partial charge in [0.25, 0.3) is 0 Å². The number of anilines is 1. The van der Waals surface area contributed by atoms with Gasteiger partial charge in [-0.3, -0.25) is 4.79 Å². The Morgan fingerprint density at radius 1 is 1.04 bits per heavy atom. The molecular weight excluding hydrogens is 328 g/mol. The molecule has 0 aliphatic rings.